The van der Waals surface area contributed by atoms with Gasteiger partial charge in [-0.05, 0) is 74.2 Å². The summed E-state index contributed by atoms with van der Waals surface area (Å²) < 4.78 is 0. The Bertz CT molecular complexity index is 898. The van der Waals surface area contributed by atoms with Crippen LogP contribution in [-0.4, -0.2) is 46.5 Å². The Morgan fingerprint density at radius 1 is 1.03 bits per heavy atom. The highest BCUT2D eigenvalue weighted by Crippen LogP contribution is 2.27. The number of hydrogen-bond acceptors (Lipinski definition) is 4. The predicted octanol–water partition coefficient (Wildman–Crippen LogP) is 5.24. The minimum absolute atomic E-state index is 0.0896. The van der Waals surface area contributed by atoms with E-state index in [0.717, 1.165) is 56.4 Å². The Morgan fingerprint density at radius 3 is 2.47 bits per heavy atom. The first-order chi connectivity index (χ1) is 15.5. The van der Waals surface area contributed by atoms with Gasteiger partial charge < -0.3 is 10.0 Å². The highest BCUT2D eigenvalue weighted by atomic mass is 16.4. The lowest BCUT2D eigenvalue weighted by Gasteiger charge is -2.30. The van der Waals surface area contributed by atoms with Crippen molar-refractivity contribution >= 4 is 17.6 Å². The molecule has 0 unspecified atom stereocenters. The molecule has 1 aromatic heterocycles. The number of rotatable bonds is 5. The molecule has 32 heavy (non-hydrogen) atoms. The van der Waals surface area contributed by atoms with Crippen LogP contribution >= 0.6 is 0 Å². The second-order valence-electron chi connectivity index (χ2n) is 9.07. The zero-order valence-corrected chi connectivity index (χ0v) is 19.3. The molecule has 3 rings (SSSR count). The number of carboxylic acid groups (broad SMARTS) is 1. The van der Waals surface area contributed by atoms with Crippen molar-refractivity contribution in [1.82, 2.24) is 9.88 Å². The van der Waals surface area contributed by atoms with Crippen molar-refractivity contribution in [3.8, 4) is 0 Å². The maximum Gasteiger partial charge on any atom is 0.335 e. The molecule has 6 nitrogen and oxygen atoms in total. The highest BCUT2D eigenvalue weighted by molar-refractivity contribution is 6.06. The fourth-order valence-electron chi connectivity index (χ4n) is 4.17. The summed E-state index contributed by atoms with van der Waals surface area (Å²) in [5.41, 5.74) is 2.50. The van der Waals surface area contributed by atoms with Gasteiger partial charge in [0.1, 0.15) is 0 Å². The number of pyridine rings is 1. The number of aromatic carboxylic acids is 1. The fraction of sp³-hybridized carbons (Fsp3) is 0.500. The molecule has 0 spiro atoms. The smallest absolute Gasteiger partial charge is 0.335 e. The number of aromatic nitrogens is 1. The van der Waals surface area contributed by atoms with Crippen LogP contribution in [0.15, 0.2) is 42.7 Å². The average molecular weight is 438 g/mol. The fourth-order valence-corrected chi connectivity index (χ4v) is 4.17. The van der Waals surface area contributed by atoms with Gasteiger partial charge in [0.2, 0.25) is 0 Å². The van der Waals surface area contributed by atoms with Gasteiger partial charge in [0.05, 0.1) is 11.1 Å². The molecule has 0 atom stereocenters. The molecule has 0 saturated heterocycles. The monoisotopic (exact) mass is 437 g/mol. The van der Waals surface area contributed by atoms with Crippen LogP contribution in [0.5, 0.6) is 0 Å². The predicted molar refractivity (Wildman–Crippen MR) is 127 cm³/mol. The summed E-state index contributed by atoms with van der Waals surface area (Å²) >= 11 is 0. The van der Waals surface area contributed by atoms with Crippen LogP contribution in [0.2, 0.25) is 0 Å². The topological polar surface area (TPSA) is 73.7 Å². The molecule has 1 amide bonds. The van der Waals surface area contributed by atoms with Gasteiger partial charge in [-0.1, -0.05) is 33.1 Å². The van der Waals surface area contributed by atoms with Gasteiger partial charge >= 0.3 is 5.97 Å². The van der Waals surface area contributed by atoms with E-state index in [0.29, 0.717) is 24.6 Å². The summed E-state index contributed by atoms with van der Waals surface area (Å²) in [4.78, 5) is 33.5. The molecular formula is C26H35N3O3. The molecule has 1 aliphatic heterocycles. The second kappa shape index (κ2) is 11.8. The lowest BCUT2D eigenvalue weighted by molar-refractivity contribution is 0.0696. The summed E-state index contributed by atoms with van der Waals surface area (Å²) in [6.07, 6.45) is 9.82. The molecule has 172 valence electrons. The van der Waals surface area contributed by atoms with Crippen LogP contribution in [0.25, 0.3) is 0 Å². The number of carbonyl (C=O) groups excluding carboxylic acids is 1. The van der Waals surface area contributed by atoms with Gasteiger partial charge in [0, 0.05) is 31.2 Å². The molecular weight excluding hydrogens is 402 g/mol. The van der Waals surface area contributed by atoms with Crippen molar-refractivity contribution in [2.75, 3.05) is 24.5 Å². The third-order valence-corrected chi connectivity index (χ3v) is 6.04. The van der Waals surface area contributed by atoms with Crippen molar-refractivity contribution < 1.29 is 14.7 Å². The van der Waals surface area contributed by atoms with Gasteiger partial charge in [0.25, 0.3) is 5.91 Å². The SMILES string of the molecule is CC(C)CCN1CCCCCCCN(C(=O)c2cccnc2)c2ccc(C(=O)O)cc2C1. The Kier molecular flexibility index (Phi) is 8.80. The van der Waals surface area contributed by atoms with Crippen molar-refractivity contribution in [2.24, 2.45) is 5.92 Å². The van der Waals surface area contributed by atoms with Crippen LogP contribution in [0.3, 0.4) is 0 Å². The molecule has 2 heterocycles. The van der Waals surface area contributed by atoms with Crippen LogP contribution in [0.4, 0.5) is 5.69 Å². The number of anilines is 1. The van der Waals surface area contributed by atoms with Crippen LogP contribution in [-0.2, 0) is 6.54 Å². The summed E-state index contributed by atoms with van der Waals surface area (Å²) in [7, 11) is 0. The molecule has 0 saturated carbocycles. The number of hydrogen-bond donors (Lipinski definition) is 1. The number of nitrogens with zero attached hydrogens (tertiary/aromatic N) is 3. The molecule has 0 fully saturated rings. The van der Waals surface area contributed by atoms with Gasteiger partial charge in [-0.15, -0.1) is 0 Å². The quantitative estimate of drug-likeness (QED) is 0.692. The van der Waals surface area contributed by atoms with Crippen molar-refractivity contribution in [2.45, 2.75) is 58.9 Å². The number of carboxylic acids is 1. The van der Waals surface area contributed by atoms with Gasteiger partial charge in [-0.3, -0.25) is 14.7 Å². The summed E-state index contributed by atoms with van der Waals surface area (Å²) in [6, 6.07) is 8.71. The largest absolute Gasteiger partial charge is 0.478 e. The van der Waals surface area contributed by atoms with Crippen LogP contribution in [0.1, 0.15) is 78.7 Å². The van der Waals surface area contributed by atoms with E-state index in [2.05, 4.69) is 23.7 Å². The highest BCUT2D eigenvalue weighted by Gasteiger charge is 2.23. The molecule has 1 N–H and O–H groups in total. The summed E-state index contributed by atoms with van der Waals surface area (Å²) in [5.74, 6) is -0.434. The lowest BCUT2D eigenvalue weighted by Crippen LogP contribution is -2.34. The number of amides is 1. The normalized spacial score (nSPS) is 16.2. The van der Waals surface area contributed by atoms with Gasteiger partial charge in [-0.25, -0.2) is 4.79 Å². The Labute approximate surface area is 191 Å². The molecule has 0 radical (unpaired) electrons. The minimum atomic E-state index is -0.946. The maximum atomic E-state index is 13.5. The zero-order valence-electron chi connectivity index (χ0n) is 19.3. The van der Waals surface area contributed by atoms with E-state index in [1.807, 2.05) is 4.90 Å². The first-order valence-corrected chi connectivity index (χ1v) is 11.8. The Balaban J connectivity index is 2.01. The van der Waals surface area contributed by atoms with E-state index < -0.39 is 5.97 Å². The van der Waals surface area contributed by atoms with Crippen molar-refractivity contribution in [1.29, 1.82) is 0 Å². The maximum absolute atomic E-state index is 13.5. The van der Waals surface area contributed by atoms with E-state index in [1.165, 1.54) is 6.42 Å². The van der Waals surface area contributed by atoms with Crippen molar-refractivity contribution in [3.63, 3.8) is 0 Å². The number of benzene rings is 1. The van der Waals surface area contributed by atoms with Crippen molar-refractivity contribution in [3.05, 3.63) is 59.4 Å². The van der Waals surface area contributed by atoms with Crippen LogP contribution < -0.4 is 4.90 Å². The van der Waals surface area contributed by atoms with E-state index in [9.17, 15) is 14.7 Å². The molecule has 0 bridgehead atoms. The summed E-state index contributed by atoms with van der Waals surface area (Å²) in [5, 5.41) is 9.59. The molecule has 2 aromatic rings. The average Bonchev–Trinajstić information content (AvgIpc) is 2.78. The summed E-state index contributed by atoms with van der Waals surface area (Å²) in [6.45, 7) is 7.65. The molecule has 6 heteroatoms. The lowest BCUT2D eigenvalue weighted by atomic mass is 10.0. The number of carbonyl (C=O) groups is 2. The standard InChI is InChI=1S/C26H35N3O3/c1-20(2)12-16-28-14-6-4-3-5-7-15-29(25(30)22-9-8-13-27-18-22)24-11-10-21(26(31)32)17-23(24)19-28/h8-11,13,17-18,20H,3-7,12,14-16,19H2,1-2H3,(H,31,32). The van der Waals surface area contributed by atoms with Crippen LogP contribution in [0, 0.1) is 5.92 Å². The van der Waals surface area contributed by atoms with E-state index >= 15 is 0 Å². The first-order valence-electron chi connectivity index (χ1n) is 11.8. The molecule has 1 aromatic carbocycles. The van der Waals surface area contributed by atoms with E-state index in [1.54, 1.807) is 42.7 Å². The van der Waals surface area contributed by atoms with E-state index in [-0.39, 0.29) is 11.5 Å². The molecule has 0 aliphatic carbocycles. The molecule has 1 aliphatic rings. The van der Waals surface area contributed by atoms with Gasteiger partial charge in [-0.2, -0.15) is 0 Å². The Hall–Kier alpha value is -2.73. The minimum Gasteiger partial charge on any atom is -0.478 e. The third kappa shape index (κ3) is 6.63. The first kappa shape index (κ1) is 23.9. The Morgan fingerprint density at radius 2 is 1.78 bits per heavy atom. The second-order valence-corrected chi connectivity index (χ2v) is 9.07. The third-order valence-electron chi connectivity index (χ3n) is 6.04. The zero-order chi connectivity index (χ0) is 22.9. The van der Waals surface area contributed by atoms with Gasteiger partial charge in [0.15, 0.2) is 0 Å². The number of fused-ring (bicyclic) bond motifs is 1. The van der Waals surface area contributed by atoms with E-state index in [4.69, 9.17) is 0 Å².